The van der Waals surface area contributed by atoms with Crippen molar-refractivity contribution >= 4 is 23.3 Å². The number of fused-ring (bicyclic) bond motifs is 4. The van der Waals surface area contributed by atoms with Crippen LogP contribution in [-0.2, 0) is 34.6 Å². The summed E-state index contributed by atoms with van der Waals surface area (Å²) in [5.41, 5.74) is 7.74. The first-order valence-corrected chi connectivity index (χ1v) is 20.1. The predicted octanol–water partition coefficient (Wildman–Crippen LogP) is 5.73. The van der Waals surface area contributed by atoms with Gasteiger partial charge in [-0.05, 0) is 61.8 Å². The SMILES string of the molecule is CC[C@]12C=CCN3CC[C@]4(C(=C(C(=O)OC)C1)Nc1cc(OC)c([C@@H]5[C@H]6O[C@H]6[C@@]6(CC)CC(C(=O)OC)=C7Nc8cc(OC)ccc8[C@@]78CCN5[C@@H]68)cc14)[C@@H]32. The Bertz CT molecular complexity index is 2200. The average Bonchev–Trinajstić information content (AvgIpc) is 3.47. The summed E-state index contributed by atoms with van der Waals surface area (Å²) < 4.78 is 29.9. The van der Waals surface area contributed by atoms with Gasteiger partial charge in [-0.2, -0.15) is 0 Å². The van der Waals surface area contributed by atoms with Gasteiger partial charge in [-0.3, -0.25) is 9.80 Å². The lowest BCUT2D eigenvalue weighted by Gasteiger charge is -2.56. The molecule has 2 aromatic carbocycles. The molecule has 11 rings (SSSR count). The van der Waals surface area contributed by atoms with Crippen LogP contribution < -0.4 is 20.1 Å². The van der Waals surface area contributed by atoms with E-state index in [1.807, 2.05) is 6.07 Å². The summed E-state index contributed by atoms with van der Waals surface area (Å²) in [6.45, 7) is 7.23. The van der Waals surface area contributed by atoms with Crippen LogP contribution in [0.4, 0.5) is 11.4 Å². The molecular weight excluding hydrogens is 697 g/mol. The number of carbonyl (C=O) groups is 2. The molecule has 0 amide bonds. The topological polar surface area (TPSA) is 114 Å². The number of epoxide rings is 1. The normalized spacial score (nSPS) is 38.1. The Labute approximate surface area is 322 Å². The van der Waals surface area contributed by atoms with Gasteiger partial charge >= 0.3 is 11.9 Å². The minimum atomic E-state index is -0.450. The molecule has 4 fully saturated rings. The Hall–Kier alpha value is -4.32. The first-order chi connectivity index (χ1) is 26.7. The molecule has 11 heteroatoms. The number of benzene rings is 2. The highest BCUT2D eigenvalue weighted by molar-refractivity contribution is 5.94. The molecule has 7 heterocycles. The Morgan fingerprint density at radius 2 is 1.55 bits per heavy atom. The third kappa shape index (κ3) is 3.83. The maximum Gasteiger partial charge on any atom is 0.335 e. The molecule has 288 valence electrons. The molecule has 0 aromatic heterocycles. The summed E-state index contributed by atoms with van der Waals surface area (Å²) in [4.78, 5) is 32.8. The maximum absolute atomic E-state index is 13.7. The third-order valence-corrected chi connectivity index (χ3v) is 15.9. The van der Waals surface area contributed by atoms with Gasteiger partial charge in [0, 0.05) is 83.0 Å². The second kappa shape index (κ2) is 11.2. The number of nitrogens with one attached hydrogen (secondary N) is 2. The number of ether oxygens (including phenoxy) is 5. The van der Waals surface area contributed by atoms with Gasteiger partial charge in [-0.25, -0.2) is 9.59 Å². The highest BCUT2D eigenvalue weighted by atomic mass is 16.6. The molecule has 9 aliphatic rings. The molecule has 7 aliphatic heterocycles. The molecule has 0 bridgehead atoms. The van der Waals surface area contributed by atoms with E-state index in [0.717, 1.165) is 96.3 Å². The Morgan fingerprint density at radius 3 is 2.24 bits per heavy atom. The summed E-state index contributed by atoms with van der Waals surface area (Å²) in [6.07, 6.45) is 9.42. The van der Waals surface area contributed by atoms with Gasteiger partial charge in [0.2, 0.25) is 0 Å². The fourth-order valence-electron chi connectivity index (χ4n) is 13.9. The van der Waals surface area contributed by atoms with E-state index in [-0.39, 0.29) is 58.5 Å². The Morgan fingerprint density at radius 1 is 0.836 bits per heavy atom. The van der Waals surface area contributed by atoms with Crippen LogP contribution in [0.15, 0.2) is 65.0 Å². The van der Waals surface area contributed by atoms with Crippen LogP contribution in [0.1, 0.15) is 75.1 Å². The standard InChI is InChI=1S/C44H50N4O7/c1-7-41-12-9-15-47-16-13-44(39(41)47)28-19-24(31(52-4)20-30(28)46-34(44)25(21-41)37(49)53-5)32-33-36(55-33)42(8-2)22-26(38(50)54-6)35-43(14-17-48(32)40(42)43)27-11-10-23(51-3)18-29(27)45-35/h9-12,18-20,32-33,36,39-40,45-46H,7-8,13-17,21-22H2,1-6H3/t32-,33-,36-,39+,40+,41+,42-,43+,44+/m1/s1. The average molecular weight is 747 g/mol. The van der Waals surface area contributed by atoms with Crippen molar-refractivity contribution in [2.75, 3.05) is 58.7 Å². The lowest BCUT2D eigenvalue weighted by Crippen LogP contribution is -2.63. The minimum absolute atomic E-state index is 0.0364. The van der Waals surface area contributed by atoms with Crippen molar-refractivity contribution in [1.82, 2.24) is 9.80 Å². The predicted molar refractivity (Wildman–Crippen MR) is 205 cm³/mol. The fourth-order valence-corrected chi connectivity index (χ4v) is 13.9. The largest absolute Gasteiger partial charge is 0.497 e. The number of anilines is 2. The summed E-state index contributed by atoms with van der Waals surface area (Å²) in [5, 5.41) is 7.58. The number of rotatable bonds is 7. The Balaban J connectivity index is 1.10. The van der Waals surface area contributed by atoms with Crippen molar-refractivity contribution in [1.29, 1.82) is 0 Å². The number of hydrogen-bond donors (Lipinski definition) is 2. The lowest BCUT2D eigenvalue weighted by molar-refractivity contribution is -0.138. The highest BCUT2D eigenvalue weighted by Crippen LogP contribution is 2.72. The second-order valence-corrected chi connectivity index (χ2v) is 17.4. The first kappa shape index (κ1) is 34.0. The van der Waals surface area contributed by atoms with Gasteiger partial charge < -0.3 is 34.3 Å². The second-order valence-electron chi connectivity index (χ2n) is 17.4. The van der Waals surface area contributed by atoms with Gasteiger partial charge in [0.15, 0.2) is 0 Å². The molecule has 2 aromatic rings. The van der Waals surface area contributed by atoms with E-state index < -0.39 is 5.41 Å². The van der Waals surface area contributed by atoms with Crippen molar-refractivity contribution in [3.8, 4) is 11.5 Å². The smallest absolute Gasteiger partial charge is 0.335 e. The van der Waals surface area contributed by atoms with Crippen LogP contribution in [0.5, 0.6) is 11.5 Å². The van der Waals surface area contributed by atoms with E-state index in [0.29, 0.717) is 12.8 Å². The molecule has 11 nitrogen and oxygen atoms in total. The van der Waals surface area contributed by atoms with E-state index in [1.54, 1.807) is 14.2 Å². The summed E-state index contributed by atoms with van der Waals surface area (Å²) >= 11 is 0. The Kier molecular flexibility index (Phi) is 6.90. The summed E-state index contributed by atoms with van der Waals surface area (Å²) in [6, 6.07) is 11.1. The molecule has 4 saturated heterocycles. The summed E-state index contributed by atoms with van der Waals surface area (Å²) in [7, 11) is 6.44. The number of piperidine rings is 1. The van der Waals surface area contributed by atoms with Crippen LogP contribution in [0, 0.1) is 10.8 Å². The number of methoxy groups -OCH3 is 4. The van der Waals surface area contributed by atoms with Crippen molar-refractivity contribution in [2.24, 2.45) is 10.8 Å². The van der Waals surface area contributed by atoms with E-state index in [2.05, 4.69) is 70.7 Å². The zero-order valence-corrected chi connectivity index (χ0v) is 32.5. The minimum Gasteiger partial charge on any atom is -0.497 e. The van der Waals surface area contributed by atoms with Gasteiger partial charge in [-0.15, -0.1) is 0 Å². The van der Waals surface area contributed by atoms with Crippen LogP contribution in [-0.4, -0.2) is 94.1 Å². The number of carbonyl (C=O) groups excluding carboxylic acids is 2. The molecule has 0 unspecified atom stereocenters. The third-order valence-electron chi connectivity index (χ3n) is 15.9. The van der Waals surface area contributed by atoms with E-state index in [4.69, 9.17) is 23.7 Å². The molecule has 2 aliphatic carbocycles. The number of esters is 2. The van der Waals surface area contributed by atoms with Gasteiger partial charge in [0.05, 0.1) is 62.6 Å². The first-order valence-electron chi connectivity index (χ1n) is 20.1. The monoisotopic (exact) mass is 746 g/mol. The molecule has 2 N–H and O–H groups in total. The maximum atomic E-state index is 13.7. The van der Waals surface area contributed by atoms with E-state index >= 15 is 0 Å². The molecule has 2 spiro atoms. The summed E-state index contributed by atoms with van der Waals surface area (Å²) in [5.74, 6) is 1.08. The number of hydrogen-bond acceptors (Lipinski definition) is 11. The van der Waals surface area contributed by atoms with E-state index in [9.17, 15) is 9.59 Å². The lowest BCUT2D eigenvalue weighted by atomic mass is 9.52. The van der Waals surface area contributed by atoms with Crippen molar-refractivity contribution < 1.29 is 33.3 Å². The van der Waals surface area contributed by atoms with Crippen LogP contribution in [0.2, 0.25) is 0 Å². The molecule has 55 heavy (non-hydrogen) atoms. The van der Waals surface area contributed by atoms with Gasteiger partial charge in [0.25, 0.3) is 0 Å². The van der Waals surface area contributed by atoms with Gasteiger partial charge in [0.1, 0.15) is 17.6 Å². The molecule has 9 atom stereocenters. The van der Waals surface area contributed by atoms with Crippen LogP contribution in [0.25, 0.3) is 0 Å². The highest BCUT2D eigenvalue weighted by Gasteiger charge is 2.77. The molecular formula is C44H50N4O7. The van der Waals surface area contributed by atoms with Crippen molar-refractivity contribution in [3.63, 3.8) is 0 Å². The van der Waals surface area contributed by atoms with Crippen molar-refractivity contribution in [3.05, 3.63) is 81.7 Å². The zero-order valence-electron chi connectivity index (χ0n) is 32.5. The molecule has 0 radical (unpaired) electrons. The molecule has 0 saturated carbocycles. The zero-order chi connectivity index (χ0) is 37.8. The van der Waals surface area contributed by atoms with Crippen LogP contribution in [0.3, 0.4) is 0 Å². The van der Waals surface area contributed by atoms with Crippen LogP contribution >= 0.6 is 0 Å². The van der Waals surface area contributed by atoms with Crippen molar-refractivity contribution in [2.45, 2.75) is 93.5 Å². The van der Waals surface area contributed by atoms with E-state index in [1.165, 1.54) is 25.3 Å². The fraction of sp³-hybridized carbons (Fsp3) is 0.545. The number of nitrogens with zero attached hydrogens (tertiary/aromatic N) is 2. The van der Waals surface area contributed by atoms with Gasteiger partial charge in [-0.1, -0.05) is 32.1 Å². The quantitative estimate of drug-likeness (QED) is 0.206.